The van der Waals surface area contributed by atoms with Crippen LogP contribution in [0.2, 0.25) is 0 Å². The van der Waals surface area contributed by atoms with E-state index in [0.29, 0.717) is 17.4 Å². The van der Waals surface area contributed by atoms with E-state index in [2.05, 4.69) is 15.0 Å². The van der Waals surface area contributed by atoms with Gasteiger partial charge in [-0.05, 0) is 42.4 Å². The molecular formula is C18H12N4OS. The van der Waals surface area contributed by atoms with Gasteiger partial charge in [0.1, 0.15) is 5.84 Å². The summed E-state index contributed by atoms with van der Waals surface area (Å²) in [5.74, 6) is 0.527. The van der Waals surface area contributed by atoms with Gasteiger partial charge in [-0.25, -0.2) is 14.9 Å². The van der Waals surface area contributed by atoms with Gasteiger partial charge in [0.25, 0.3) is 5.91 Å². The Labute approximate surface area is 144 Å². The first-order valence-corrected chi connectivity index (χ1v) is 7.81. The van der Waals surface area contributed by atoms with Crippen LogP contribution in [0.4, 0.5) is 5.69 Å². The number of nitrogens with zero attached hydrogens (tertiary/aromatic N) is 4. The fraction of sp³-hybridized carbons (Fsp3) is 0.0556. The molecule has 0 aromatic heterocycles. The predicted octanol–water partition coefficient (Wildman–Crippen LogP) is 3.26. The van der Waals surface area contributed by atoms with Crippen LogP contribution in [0.3, 0.4) is 0 Å². The highest BCUT2D eigenvalue weighted by atomic mass is 32.1. The molecule has 0 bridgehead atoms. The molecule has 2 aromatic rings. The minimum absolute atomic E-state index is 0.180. The molecule has 2 aliphatic heterocycles. The van der Waals surface area contributed by atoms with Crippen LogP contribution in [0.1, 0.15) is 6.92 Å². The third kappa shape index (κ3) is 2.37. The summed E-state index contributed by atoms with van der Waals surface area (Å²) in [5, 5.41) is 0.180. The molecule has 116 valence electrons. The van der Waals surface area contributed by atoms with Gasteiger partial charge in [0.15, 0.2) is 11.5 Å². The molecule has 0 saturated heterocycles. The minimum Gasteiger partial charge on any atom is -0.266 e. The molecular weight excluding hydrogens is 320 g/mol. The average molecular weight is 332 g/mol. The van der Waals surface area contributed by atoms with Crippen LogP contribution in [0.25, 0.3) is 11.1 Å². The van der Waals surface area contributed by atoms with Crippen molar-refractivity contribution < 1.29 is 4.79 Å². The van der Waals surface area contributed by atoms with Crippen LogP contribution in [-0.4, -0.2) is 28.4 Å². The van der Waals surface area contributed by atoms with Crippen molar-refractivity contribution in [2.75, 3.05) is 4.90 Å². The van der Waals surface area contributed by atoms with Crippen molar-refractivity contribution in [3.05, 3.63) is 54.6 Å². The van der Waals surface area contributed by atoms with E-state index in [-0.39, 0.29) is 16.7 Å². The lowest BCUT2D eigenvalue weighted by Gasteiger charge is -2.24. The monoisotopic (exact) mass is 332 g/mol. The molecule has 2 aromatic carbocycles. The van der Waals surface area contributed by atoms with Crippen LogP contribution in [0.5, 0.6) is 0 Å². The van der Waals surface area contributed by atoms with Crippen LogP contribution in [-0.2, 0) is 4.79 Å². The summed E-state index contributed by atoms with van der Waals surface area (Å²) in [6.45, 7) is 1.73. The van der Waals surface area contributed by atoms with Crippen molar-refractivity contribution >= 4 is 46.3 Å². The number of hydrogen-bond acceptors (Lipinski definition) is 4. The number of aliphatic imine (C=N–C) groups is 3. The maximum Gasteiger partial charge on any atom is 0.287 e. The van der Waals surface area contributed by atoms with Gasteiger partial charge >= 0.3 is 0 Å². The summed E-state index contributed by atoms with van der Waals surface area (Å²) >= 11 is 5.27. The van der Waals surface area contributed by atoms with E-state index < -0.39 is 0 Å². The zero-order chi connectivity index (χ0) is 16.7. The molecule has 24 heavy (non-hydrogen) atoms. The number of carbonyl (C=O) groups is 1. The number of thiocarbonyl (C=S) groups is 1. The van der Waals surface area contributed by atoms with E-state index in [1.807, 2.05) is 54.6 Å². The molecule has 0 N–H and O–H groups in total. The first-order valence-electron chi connectivity index (χ1n) is 7.40. The fourth-order valence-corrected chi connectivity index (χ4v) is 2.93. The number of hydrogen-bond donors (Lipinski definition) is 0. The summed E-state index contributed by atoms with van der Waals surface area (Å²) in [5.41, 5.74) is 3.09. The Bertz CT molecular complexity index is 943. The molecule has 0 spiro atoms. The summed E-state index contributed by atoms with van der Waals surface area (Å²) in [4.78, 5) is 26.6. The summed E-state index contributed by atoms with van der Waals surface area (Å²) in [7, 11) is 0. The Morgan fingerprint density at radius 2 is 1.54 bits per heavy atom. The predicted molar refractivity (Wildman–Crippen MR) is 99.9 cm³/mol. The van der Waals surface area contributed by atoms with E-state index >= 15 is 0 Å². The molecule has 0 saturated carbocycles. The number of carbonyl (C=O) groups excluding carboxylic acids is 1. The van der Waals surface area contributed by atoms with Gasteiger partial charge in [-0.15, -0.1) is 0 Å². The highest BCUT2D eigenvalue weighted by Crippen LogP contribution is 2.25. The number of rotatable bonds is 2. The normalized spacial score (nSPS) is 16.5. The topological polar surface area (TPSA) is 57.4 Å². The first-order chi connectivity index (χ1) is 11.6. The third-order valence-corrected chi connectivity index (χ3v) is 4.06. The second-order valence-corrected chi connectivity index (χ2v) is 5.76. The lowest BCUT2D eigenvalue weighted by Crippen LogP contribution is -2.46. The molecule has 2 aliphatic rings. The van der Waals surface area contributed by atoms with Crippen LogP contribution >= 0.6 is 12.2 Å². The molecule has 6 heteroatoms. The number of anilines is 1. The van der Waals surface area contributed by atoms with Crippen molar-refractivity contribution in [3.8, 4) is 11.1 Å². The van der Waals surface area contributed by atoms with E-state index in [1.54, 1.807) is 6.92 Å². The van der Waals surface area contributed by atoms with Crippen molar-refractivity contribution in [1.29, 1.82) is 0 Å². The third-order valence-electron chi connectivity index (χ3n) is 3.78. The molecule has 4 rings (SSSR count). The molecule has 0 radical (unpaired) electrons. The second-order valence-electron chi connectivity index (χ2n) is 5.39. The highest BCUT2D eigenvalue weighted by molar-refractivity contribution is 7.80. The van der Waals surface area contributed by atoms with Gasteiger partial charge in [0, 0.05) is 0 Å². The Balaban J connectivity index is 1.69. The van der Waals surface area contributed by atoms with Crippen molar-refractivity contribution in [3.63, 3.8) is 0 Å². The standard InChI is InChI=1S/C18H12N4OS/c1-11-19-15-16(20-11)21-18(24)22(17(15)23)14-9-7-13(8-10-14)12-5-3-2-4-6-12/h2-10H,1H3. The van der Waals surface area contributed by atoms with E-state index in [9.17, 15) is 4.79 Å². The van der Waals surface area contributed by atoms with Gasteiger partial charge < -0.3 is 0 Å². The molecule has 0 unspecified atom stereocenters. The Hall–Kier alpha value is -2.99. The minimum atomic E-state index is -0.293. The average Bonchev–Trinajstić information content (AvgIpc) is 2.97. The Kier molecular flexibility index (Phi) is 3.39. The van der Waals surface area contributed by atoms with Gasteiger partial charge in [-0.1, -0.05) is 42.5 Å². The maximum absolute atomic E-state index is 12.7. The number of amidine groups is 2. The van der Waals surface area contributed by atoms with Gasteiger partial charge in [0.2, 0.25) is 5.11 Å². The zero-order valence-electron chi connectivity index (χ0n) is 12.8. The lowest BCUT2D eigenvalue weighted by atomic mass is 10.1. The zero-order valence-corrected chi connectivity index (χ0v) is 13.6. The molecule has 2 heterocycles. The smallest absolute Gasteiger partial charge is 0.266 e. The number of benzene rings is 2. The van der Waals surface area contributed by atoms with Crippen molar-refractivity contribution in [2.45, 2.75) is 6.92 Å². The summed E-state index contributed by atoms with van der Waals surface area (Å²) in [6, 6.07) is 17.7. The SMILES string of the molecule is CC1=NC2=NC(=S)N(c3ccc(-c4ccccc4)cc3)C(=O)C2=N1. The maximum atomic E-state index is 12.7. The fourth-order valence-electron chi connectivity index (χ4n) is 2.66. The van der Waals surface area contributed by atoms with E-state index in [4.69, 9.17) is 12.2 Å². The number of fused-ring (bicyclic) bond motifs is 1. The van der Waals surface area contributed by atoms with E-state index in [0.717, 1.165) is 11.1 Å². The molecule has 0 aliphatic carbocycles. The first kappa shape index (κ1) is 14.6. The second kappa shape index (κ2) is 5.58. The van der Waals surface area contributed by atoms with E-state index in [1.165, 1.54) is 4.90 Å². The van der Waals surface area contributed by atoms with Gasteiger partial charge in [-0.3, -0.25) is 4.79 Å². The Morgan fingerprint density at radius 3 is 2.25 bits per heavy atom. The van der Waals surface area contributed by atoms with Crippen molar-refractivity contribution in [1.82, 2.24) is 0 Å². The Morgan fingerprint density at radius 1 is 0.875 bits per heavy atom. The van der Waals surface area contributed by atoms with Crippen LogP contribution in [0, 0.1) is 0 Å². The molecule has 0 atom stereocenters. The van der Waals surface area contributed by atoms with Crippen LogP contribution < -0.4 is 4.90 Å². The van der Waals surface area contributed by atoms with Crippen molar-refractivity contribution in [2.24, 2.45) is 15.0 Å². The summed E-state index contributed by atoms with van der Waals surface area (Å²) < 4.78 is 0. The quantitative estimate of drug-likeness (QED) is 0.793. The van der Waals surface area contributed by atoms with Crippen LogP contribution in [0.15, 0.2) is 69.6 Å². The number of amides is 1. The summed E-state index contributed by atoms with van der Waals surface area (Å²) in [6.07, 6.45) is 0. The molecule has 5 nitrogen and oxygen atoms in total. The van der Waals surface area contributed by atoms with Gasteiger partial charge in [0.05, 0.1) is 5.69 Å². The lowest BCUT2D eigenvalue weighted by molar-refractivity contribution is -0.111. The van der Waals surface area contributed by atoms with Gasteiger partial charge in [-0.2, -0.15) is 4.99 Å². The molecule has 1 amide bonds. The molecule has 0 fully saturated rings. The largest absolute Gasteiger partial charge is 0.287 e. The highest BCUT2D eigenvalue weighted by Gasteiger charge is 2.35.